The molecule has 0 spiro atoms. The van der Waals surface area contributed by atoms with Gasteiger partial charge in [0.2, 0.25) is 5.75 Å². The molecule has 0 aliphatic rings. The van der Waals surface area contributed by atoms with Crippen LogP contribution in [0.3, 0.4) is 0 Å². The highest BCUT2D eigenvalue weighted by molar-refractivity contribution is 5.93. The molecule has 0 bridgehead atoms. The number of hydrogen-bond acceptors (Lipinski definition) is 6. The molecule has 0 unspecified atom stereocenters. The quantitative estimate of drug-likeness (QED) is 0.731. The Hall–Kier alpha value is -2.02. The Morgan fingerprint density at radius 3 is 1.78 bits per heavy atom. The molecule has 0 heterocycles. The van der Waals surface area contributed by atoms with Gasteiger partial charge < -0.3 is 28.4 Å². The molecular weight excluding hydrogens is 300 g/mol. The molecule has 6 heteroatoms. The Morgan fingerprint density at radius 2 is 1.30 bits per heavy atom. The van der Waals surface area contributed by atoms with E-state index in [-0.39, 0.29) is 0 Å². The molecule has 0 N–H and O–H groups in total. The molecule has 6 nitrogen and oxygen atoms in total. The average molecular weight is 322 g/mol. The van der Waals surface area contributed by atoms with Gasteiger partial charge in [0.25, 0.3) is 0 Å². The Kier molecular flexibility index (Phi) is 5.30. The zero-order chi connectivity index (χ0) is 17.0. The van der Waals surface area contributed by atoms with Crippen molar-refractivity contribution in [2.75, 3.05) is 42.7 Å². The van der Waals surface area contributed by atoms with E-state index in [1.54, 1.807) is 21.3 Å². The van der Waals surface area contributed by atoms with Crippen LogP contribution in [0.5, 0.6) is 17.2 Å². The highest BCUT2D eigenvalue weighted by Crippen LogP contribution is 2.44. The molecule has 0 saturated carbocycles. The summed E-state index contributed by atoms with van der Waals surface area (Å²) in [6.45, 7) is 0. The SMILES string of the molecule is COc1cc2cc(C(OC)(OC)OC)ccc2c(OC)c1OC. The lowest BCUT2D eigenvalue weighted by molar-refractivity contribution is -0.364. The largest absolute Gasteiger partial charge is 0.493 e. The number of hydrogen-bond donors (Lipinski definition) is 0. The highest BCUT2D eigenvalue weighted by atomic mass is 16.9. The van der Waals surface area contributed by atoms with Gasteiger partial charge in [0.05, 0.1) is 21.3 Å². The van der Waals surface area contributed by atoms with Crippen molar-refractivity contribution in [2.45, 2.75) is 5.97 Å². The van der Waals surface area contributed by atoms with Crippen molar-refractivity contribution in [3.8, 4) is 17.2 Å². The van der Waals surface area contributed by atoms with E-state index in [1.807, 2.05) is 24.3 Å². The number of rotatable bonds is 7. The second-order valence-corrected chi connectivity index (χ2v) is 4.75. The molecule has 0 aromatic heterocycles. The summed E-state index contributed by atoms with van der Waals surface area (Å²) in [4.78, 5) is 0. The van der Waals surface area contributed by atoms with Crippen LogP contribution in [0.2, 0.25) is 0 Å². The molecule has 2 aromatic rings. The molecule has 0 amide bonds. The maximum absolute atomic E-state index is 5.50. The molecule has 0 radical (unpaired) electrons. The van der Waals surface area contributed by atoms with Crippen molar-refractivity contribution < 1.29 is 28.4 Å². The van der Waals surface area contributed by atoms with E-state index in [2.05, 4.69) is 0 Å². The van der Waals surface area contributed by atoms with Crippen LogP contribution in [-0.4, -0.2) is 42.7 Å². The van der Waals surface area contributed by atoms with Gasteiger partial charge in [-0.05, 0) is 23.6 Å². The molecule has 2 rings (SSSR count). The molecule has 2 aromatic carbocycles. The van der Waals surface area contributed by atoms with Crippen molar-refractivity contribution in [2.24, 2.45) is 0 Å². The van der Waals surface area contributed by atoms with E-state index in [9.17, 15) is 0 Å². The first-order valence-electron chi connectivity index (χ1n) is 6.99. The minimum absolute atomic E-state index is 0.548. The predicted molar refractivity (Wildman–Crippen MR) is 86.3 cm³/mol. The minimum atomic E-state index is -1.27. The smallest absolute Gasteiger partial charge is 0.311 e. The maximum Gasteiger partial charge on any atom is 0.311 e. The minimum Gasteiger partial charge on any atom is -0.493 e. The molecular formula is C17H22O6. The second-order valence-electron chi connectivity index (χ2n) is 4.75. The number of ether oxygens (including phenoxy) is 6. The monoisotopic (exact) mass is 322 g/mol. The summed E-state index contributed by atoms with van der Waals surface area (Å²) in [6.07, 6.45) is 0. The van der Waals surface area contributed by atoms with Crippen LogP contribution in [0, 0.1) is 0 Å². The van der Waals surface area contributed by atoms with Crippen LogP contribution in [0.25, 0.3) is 10.8 Å². The lowest BCUT2D eigenvalue weighted by atomic mass is 10.0. The van der Waals surface area contributed by atoms with Crippen molar-refractivity contribution in [1.82, 2.24) is 0 Å². The van der Waals surface area contributed by atoms with E-state index in [1.165, 1.54) is 21.3 Å². The number of methoxy groups -OCH3 is 6. The summed E-state index contributed by atoms with van der Waals surface area (Å²) in [6, 6.07) is 7.52. The lowest BCUT2D eigenvalue weighted by Crippen LogP contribution is -2.32. The van der Waals surface area contributed by atoms with Crippen LogP contribution >= 0.6 is 0 Å². The van der Waals surface area contributed by atoms with E-state index >= 15 is 0 Å². The second kappa shape index (κ2) is 7.04. The third kappa shape index (κ3) is 2.81. The van der Waals surface area contributed by atoms with Gasteiger partial charge in [-0.15, -0.1) is 0 Å². The maximum atomic E-state index is 5.50. The zero-order valence-corrected chi connectivity index (χ0v) is 14.3. The molecule has 0 fully saturated rings. The van der Waals surface area contributed by atoms with Crippen LogP contribution < -0.4 is 14.2 Å². The van der Waals surface area contributed by atoms with Crippen LogP contribution in [0.1, 0.15) is 5.56 Å². The van der Waals surface area contributed by atoms with Gasteiger partial charge >= 0.3 is 5.97 Å². The van der Waals surface area contributed by atoms with Gasteiger partial charge in [-0.25, -0.2) is 0 Å². The number of benzene rings is 2. The fourth-order valence-electron chi connectivity index (χ4n) is 2.67. The van der Waals surface area contributed by atoms with Crippen molar-refractivity contribution >= 4 is 10.8 Å². The molecule has 0 aliphatic carbocycles. The first-order valence-corrected chi connectivity index (χ1v) is 6.99. The summed E-state index contributed by atoms with van der Waals surface area (Å²) < 4.78 is 32.5. The first kappa shape index (κ1) is 17.3. The van der Waals surface area contributed by atoms with Gasteiger partial charge in [0.1, 0.15) is 0 Å². The lowest BCUT2D eigenvalue weighted by Gasteiger charge is -2.29. The molecule has 23 heavy (non-hydrogen) atoms. The van der Waals surface area contributed by atoms with E-state index < -0.39 is 5.97 Å². The summed E-state index contributed by atoms with van der Waals surface area (Å²) in [5, 5.41) is 1.76. The fraction of sp³-hybridized carbons (Fsp3) is 0.412. The Labute approximate surface area is 135 Å². The molecule has 0 saturated heterocycles. The Morgan fingerprint density at radius 1 is 0.696 bits per heavy atom. The highest BCUT2D eigenvalue weighted by Gasteiger charge is 2.33. The van der Waals surface area contributed by atoms with Crippen molar-refractivity contribution in [3.05, 3.63) is 29.8 Å². The Bertz CT molecular complexity index is 670. The van der Waals surface area contributed by atoms with E-state index in [0.717, 1.165) is 10.8 Å². The van der Waals surface area contributed by atoms with E-state index in [4.69, 9.17) is 28.4 Å². The van der Waals surface area contributed by atoms with Crippen LogP contribution in [0.15, 0.2) is 24.3 Å². The third-order valence-electron chi connectivity index (χ3n) is 3.80. The molecule has 0 aliphatic heterocycles. The van der Waals surface area contributed by atoms with Crippen molar-refractivity contribution in [3.63, 3.8) is 0 Å². The summed E-state index contributed by atoms with van der Waals surface area (Å²) >= 11 is 0. The Balaban J connectivity index is 2.73. The summed E-state index contributed by atoms with van der Waals surface area (Å²) in [7, 11) is 9.31. The fourth-order valence-corrected chi connectivity index (χ4v) is 2.67. The van der Waals surface area contributed by atoms with Gasteiger partial charge in [-0.1, -0.05) is 6.07 Å². The van der Waals surface area contributed by atoms with Crippen molar-refractivity contribution in [1.29, 1.82) is 0 Å². The van der Waals surface area contributed by atoms with E-state index in [0.29, 0.717) is 22.8 Å². The van der Waals surface area contributed by atoms with Crippen LogP contribution in [0.4, 0.5) is 0 Å². The summed E-state index contributed by atoms with van der Waals surface area (Å²) in [5.41, 5.74) is 0.715. The topological polar surface area (TPSA) is 55.4 Å². The average Bonchev–Trinajstić information content (AvgIpc) is 2.61. The summed E-state index contributed by atoms with van der Waals surface area (Å²) in [5.74, 6) is 0.457. The van der Waals surface area contributed by atoms with Gasteiger partial charge in [0, 0.05) is 32.3 Å². The van der Waals surface area contributed by atoms with Gasteiger partial charge in [-0.2, -0.15) is 0 Å². The first-order chi connectivity index (χ1) is 11.1. The van der Waals surface area contributed by atoms with Gasteiger partial charge in [0.15, 0.2) is 11.5 Å². The van der Waals surface area contributed by atoms with Crippen LogP contribution in [-0.2, 0) is 20.2 Å². The molecule has 126 valence electrons. The third-order valence-corrected chi connectivity index (χ3v) is 3.80. The number of fused-ring (bicyclic) bond motifs is 1. The predicted octanol–water partition coefficient (Wildman–Crippen LogP) is 2.92. The normalized spacial score (nSPS) is 11.6. The zero-order valence-electron chi connectivity index (χ0n) is 14.3. The molecule has 0 atom stereocenters. The van der Waals surface area contributed by atoms with Gasteiger partial charge in [-0.3, -0.25) is 0 Å². The standard InChI is InChI=1S/C17H22O6/c1-18-14-10-11-9-12(17(21-4,22-5)23-6)7-8-13(11)15(19-2)16(14)20-3/h7-10H,1-6H3.